The van der Waals surface area contributed by atoms with Crippen molar-refractivity contribution >= 4 is 17.5 Å². The summed E-state index contributed by atoms with van der Waals surface area (Å²) in [5.74, 6) is -0.315. The van der Waals surface area contributed by atoms with E-state index in [1.165, 1.54) is 25.3 Å². The second-order valence-corrected chi connectivity index (χ2v) is 7.59. The Bertz CT molecular complexity index is 583. The van der Waals surface area contributed by atoms with Crippen LogP contribution in [0.5, 0.6) is 0 Å². The maximum atomic E-state index is 13.9. The predicted molar refractivity (Wildman–Crippen MR) is 81.8 cm³/mol. The monoisotopic (exact) mass is 303 g/mol. The molecule has 21 heavy (non-hydrogen) atoms. The first-order chi connectivity index (χ1) is 10.2. The number of nitrogens with zero attached hydrogens (tertiary/aromatic N) is 1. The fourth-order valence-corrected chi connectivity index (χ4v) is 5.27. The van der Waals surface area contributed by atoms with Gasteiger partial charge in [-0.25, -0.2) is 4.39 Å². The quantitative estimate of drug-likeness (QED) is 0.788. The highest BCUT2D eigenvalue weighted by atomic mass is 32.2. The van der Waals surface area contributed by atoms with Gasteiger partial charge in [-0.3, -0.25) is 4.79 Å². The molecule has 1 aromatic carbocycles. The summed E-state index contributed by atoms with van der Waals surface area (Å²) < 4.78 is 13.9. The van der Waals surface area contributed by atoms with Gasteiger partial charge in [-0.1, -0.05) is 18.6 Å². The Labute approximate surface area is 128 Å². The van der Waals surface area contributed by atoms with E-state index in [4.69, 9.17) is 5.26 Å². The van der Waals surface area contributed by atoms with Crippen molar-refractivity contribution in [3.05, 3.63) is 35.1 Å². The van der Waals surface area contributed by atoms with Gasteiger partial charge in [0.05, 0.1) is 12.5 Å². The molecular formula is C17H18FNOS. The minimum atomic E-state index is -0.437. The van der Waals surface area contributed by atoms with E-state index in [1.807, 2.05) is 17.8 Å². The second-order valence-electron chi connectivity index (χ2n) is 5.98. The summed E-state index contributed by atoms with van der Waals surface area (Å²) >= 11 is 2.04. The molecule has 2 nitrogen and oxygen atoms in total. The molecule has 2 unspecified atom stereocenters. The number of hydrogen-bond donors (Lipinski definition) is 0. The lowest BCUT2D eigenvalue weighted by Gasteiger charge is -2.37. The summed E-state index contributed by atoms with van der Waals surface area (Å²) in [7, 11) is 0. The molecule has 0 radical (unpaired) electrons. The number of carbonyl (C=O) groups excluding carboxylic acids is 1. The lowest BCUT2D eigenvalue weighted by Crippen LogP contribution is -2.32. The molecule has 2 aliphatic rings. The highest BCUT2D eigenvalue weighted by molar-refractivity contribution is 8.00. The van der Waals surface area contributed by atoms with Crippen molar-refractivity contribution in [2.24, 2.45) is 5.92 Å². The second kappa shape index (κ2) is 6.19. The van der Waals surface area contributed by atoms with E-state index >= 15 is 0 Å². The first kappa shape index (κ1) is 14.6. The maximum absolute atomic E-state index is 13.9. The molecule has 2 fully saturated rings. The highest BCUT2D eigenvalue weighted by Crippen LogP contribution is 2.44. The van der Waals surface area contributed by atoms with Gasteiger partial charge in [0.25, 0.3) is 0 Å². The number of halogens is 1. The van der Waals surface area contributed by atoms with Gasteiger partial charge >= 0.3 is 0 Å². The number of nitriles is 1. The molecular weight excluding hydrogens is 285 g/mol. The van der Waals surface area contributed by atoms with E-state index in [2.05, 4.69) is 0 Å². The predicted octanol–water partition coefficient (Wildman–Crippen LogP) is 4.14. The first-order valence-corrected chi connectivity index (χ1v) is 8.46. The van der Waals surface area contributed by atoms with Crippen molar-refractivity contribution in [1.82, 2.24) is 0 Å². The van der Waals surface area contributed by atoms with Crippen LogP contribution in [0.25, 0.3) is 0 Å². The zero-order valence-electron chi connectivity index (χ0n) is 11.8. The Morgan fingerprint density at radius 3 is 2.67 bits per heavy atom. The Hall–Kier alpha value is -1.34. The molecule has 2 bridgehead atoms. The maximum Gasteiger partial charge on any atom is 0.166 e. The summed E-state index contributed by atoms with van der Waals surface area (Å²) in [6, 6.07) is 6.50. The van der Waals surface area contributed by atoms with Crippen LogP contribution < -0.4 is 0 Å². The minimum Gasteiger partial charge on any atom is -0.294 e. The molecule has 110 valence electrons. The third-order valence-electron chi connectivity index (χ3n) is 4.51. The number of rotatable bonds is 3. The Morgan fingerprint density at radius 2 is 2.05 bits per heavy atom. The van der Waals surface area contributed by atoms with Gasteiger partial charge in [0.15, 0.2) is 5.78 Å². The lowest BCUT2D eigenvalue weighted by atomic mass is 9.84. The van der Waals surface area contributed by atoms with Crippen LogP contribution in [-0.2, 0) is 6.42 Å². The van der Waals surface area contributed by atoms with Crippen LogP contribution in [0.2, 0.25) is 0 Å². The van der Waals surface area contributed by atoms with E-state index in [-0.39, 0.29) is 18.1 Å². The largest absolute Gasteiger partial charge is 0.294 e. The van der Waals surface area contributed by atoms with Crippen molar-refractivity contribution in [3.8, 4) is 6.07 Å². The third-order valence-corrected chi connectivity index (χ3v) is 6.14. The minimum absolute atomic E-state index is 0.0442. The molecule has 0 N–H and O–H groups in total. The van der Waals surface area contributed by atoms with Crippen molar-refractivity contribution in [2.75, 3.05) is 0 Å². The van der Waals surface area contributed by atoms with E-state index in [0.717, 1.165) is 12.8 Å². The lowest BCUT2D eigenvalue weighted by molar-refractivity contribution is 0.0896. The summed E-state index contributed by atoms with van der Waals surface area (Å²) in [6.07, 6.45) is 5.61. The number of benzene rings is 1. The summed E-state index contributed by atoms with van der Waals surface area (Å²) in [6.45, 7) is 0. The molecule has 3 rings (SSSR count). The number of fused-ring (bicyclic) bond motifs is 2. The average Bonchev–Trinajstić information content (AvgIpc) is 2.48. The molecule has 0 aromatic heterocycles. The van der Waals surface area contributed by atoms with Crippen LogP contribution in [0, 0.1) is 23.1 Å². The van der Waals surface area contributed by atoms with Crippen LogP contribution >= 0.6 is 11.8 Å². The van der Waals surface area contributed by atoms with Gasteiger partial charge in [0, 0.05) is 27.5 Å². The van der Waals surface area contributed by atoms with Crippen LogP contribution in [0.3, 0.4) is 0 Å². The Balaban J connectivity index is 1.76. The zero-order valence-corrected chi connectivity index (χ0v) is 12.7. The fraction of sp³-hybridized carbons (Fsp3) is 0.529. The summed E-state index contributed by atoms with van der Waals surface area (Å²) in [5, 5.41) is 9.84. The van der Waals surface area contributed by atoms with Gasteiger partial charge in [0.1, 0.15) is 5.82 Å². The van der Waals surface area contributed by atoms with E-state index in [9.17, 15) is 9.18 Å². The van der Waals surface area contributed by atoms with Gasteiger partial charge in [0.2, 0.25) is 0 Å². The SMILES string of the molecule is N#CCc1ccc(C(=O)C2CC3CCCC(C2)S3)cc1F. The average molecular weight is 303 g/mol. The van der Waals surface area contributed by atoms with Crippen molar-refractivity contribution in [2.45, 2.75) is 49.0 Å². The number of ketones is 1. The highest BCUT2D eigenvalue weighted by Gasteiger charge is 2.35. The smallest absolute Gasteiger partial charge is 0.166 e. The molecule has 0 amide bonds. The van der Waals surface area contributed by atoms with Crippen LogP contribution in [0.4, 0.5) is 4.39 Å². The molecule has 2 saturated heterocycles. The van der Waals surface area contributed by atoms with Gasteiger partial charge in [-0.2, -0.15) is 17.0 Å². The van der Waals surface area contributed by atoms with E-state index < -0.39 is 5.82 Å². The molecule has 0 spiro atoms. The normalized spacial score (nSPS) is 27.9. The topological polar surface area (TPSA) is 40.9 Å². The number of Topliss-reactive ketones (excluding diaryl/α,β-unsaturated/α-hetero) is 1. The molecule has 1 aromatic rings. The number of hydrogen-bond acceptors (Lipinski definition) is 3. The van der Waals surface area contributed by atoms with Crippen molar-refractivity contribution < 1.29 is 9.18 Å². The van der Waals surface area contributed by atoms with Gasteiger partial charge in [-0.15, -0.1) is 0 Å². The molecule has 2 heterocycles. The van der Waals surface area contributed by atoms with Crippen LogP contribution in [0.15, 0.2) is 18.2 Å². The number of carbonyl (C=O) groups is 1. The Morgan fingerprint density at radius 1 is 1.33 bits per heavy atom. The molecule has 0 saturated carbocycles. The first-order valence-electron chi connectivity index (χ1n) is 7.52. The Kier molecular flexibility index (Phi) is 4.30. The third kappa shape index (κ3) is 3.13. The molecule has 0 aliphatic carbocycles. The molecule has 2 atom stereocenters. The standard InChI is InChI=1S/C17H18FNOS/c18-16-10-12(5-4-11(16)6-7-19)17(20)13-8-14-2-1-3-15(9-13)21-14/h4-5,10,13-15H,1-3,6,8-9H2. The van der Waals surface area contributed by atoms with Crippen LogP contribution in [-0.4, -0.2) is 16.3 Å². The van der Waals surface area contributed by atoms with E-state index in [0.29, 0.717) is 21.6 Å². The fourth-order valence-electron chi connectivity index (χ4n) is 3.44. The van der Waals surface area contributed by atoms with Gasteiger partial charge in [-0.05, 0) is 31.7 Å². The molecule has 4 heteroatoms. The van der Waals surface area contributed by atoms with Crippen molar-refractivity contribution in [3.63, 3.8) is 0 Å². The zero-order chi connectivity index (χ0) is 14.8. The number of thioether (sulfide) groups is 1. The van der Waals surface area contributed by atoms with Gasteiger partial charge < -0.3 is 0 Å². The summed E-state index contributed by atoms with van der Waals surface area (Å²) in [4.78, 5) is 12.6. The van der Waals surface area contributed by atoms with Crippen LogP contribution in [0.1, 0.15) is 48.0 Å². The van der Waals surface area contributed by atoms with Crippen molar-refractivity contribution in [1.29, 1.82) is 5.26 Å². The van der Waals surface area contributed by atoms with E-state index in [1.54, 1.807) is 12.1 Å². The molecule has 2 aliphatic heterocycles. The summed E-state index contributed by atoms with van der Waals surface area (Å²) in [5.41, 5.74) is 0.828.